The maximum absolute atomic E-state index is 13.4. The Bertz CT molecular complexity index is 1550. The first-order valence-electron chi connectivity index (χ1n) is 14.3. The summed E-state index contributed by atoms with van der Waals surface area (Å²) in [6.07, 6.45) is 9.81. The van der Waals surface area contributed by atoms with Crippen molar-refractivity contribution in [2.75, 3.05) is 13.2 Å². The van der Waals surface area contributed by atoms with Gasteiger partial charge in [-0.05, 0) is 74.4 Å². The highest BCUT2D eigenvalue weighted by atomic mass is 32.2. The number of aliphatic hydroxyl groups is 1. The second kappa shape index (κ2) is 11.4. The number of amides is 1. The Balaban J connectivity index is 1.20. The molecule has 10 nitrogen and oxygen atoms in total. The second-order valence-corrected chi connectivity index (χ2v) is 13.1. The molecule has 0 radical (unpaired) electrons. The van der Waals surface area contributed by atoms with E-state index in [1.807, 2.05) is 17.8 Å². The van der Waals surface area contributed by atoms with E-state index >= 15 is 0 Å². The normalized spacial score (nSPS) is 23.0. The van der Waals surface area contributed by atoms with Crippen molar-refractivity contribution in [1.29, 1.82) is 0 Å². The van der Waals surface area contributed by atoms with E-state index in [4.69, 9.17) is 0 Å². The summed E-state index contributed by atoms with van der Waals surface area (Å²) < 4.78 is 29.9. The number of nitrogens with one attached hydrogen (secondary N) is 1. The van der Waals surface area contributed by atoms with Crippen molar-refractivity contribution in [3.63, 3.8) is 0 Å². The number of sulfonamides is 1. The number of rotatable bonds is 8. The molecular weight excluding hydrogens is 540 g/mol. The average molecular weight is 577 g/mol. The highest BCUT2D eigenvalue weighted by Gasteiger charge is 2.36. The Morgan fingerprint density at radius 2 is 1.93 bits per heavy atom. The zero-order valence-corrected chi connectivity index (χ0v) is 24.0. The van der Waals surface area contributed by atoms with Crippen LogP contribution in [-0.2, 0) is 34.2 Å². The molecule has 11 heteroatoms. The Hall–Kier alpha value is -3.54. The molecule has 2 unspecified atom stereocenters. The van der Waals surface area contributed by atoms with Crippen molar-refractivity contribution in [3.05, 3.63) is 89.0 Å². The Morgan fingerprint density at radius 3 is 2.73 bits per heavy atom. The molecule has 6 rings (SSSR count). The summed E-state index contributed by atoms with van der Waals surface area (Å²) >= 11 is 0. The van der Waals surface area contributed by atoms with Crippen LogP contribution < -0.4 is 5.32 Å². The second-order valence-electron chi connectivity index (χ2n) is 11.3. The summed E-state index contributed by atoms with van der Waals surface area (Å²) in [6, 6.07) is 12.5. The lowest BCUT2D eigenvalue weighted by molar-refractivity contribution is -0.124. The quantitative estimate of drug-likeness (QED) is 0.423. The fourth-order valence-corrected chi connectivity index (χ4v) is 7.74. The van der Waals surface area contributed by atoms with E-state index in [0.29, 0.717) is 5.69 Å². The Morgan fingerprint density at radius 1 is 1.10 bits per heavy atom. The van der Waals surface area contributed by atoms with Crippen LogP contribution in [0.3, 0.4) is 0 Å². The molecule has 1 fully saturated rings. The molecule has 2 N–H and O–H groups in total. The third kappa shape index (κ3) is 5.53. The van der Waals surface area contributed by atoms with E-state index < -0.39 is 22.0 Å². The van der Waals surface area contributed by atoms with Gasteiger partial charge in [0.05, 0.1) is 23.2 Å². The minimum absolute atomic E-state index is 0.0264. The SMILES string of the molecule is Cc1ccc(S(=O)(=O)N2C=CNC(=O)C2Cc2cn([C@@H]3CCCc4cc(CN5CCCC5CO)ccc43)nn2)cc1. The van der Waals surface area contributed by atoms with Crippen molar-refractivity contribution < 1.29 is 18.3 Å². The molecule has 1 aromatic heterocycles. The maximum Gasteiger partial charge on any atom is 0.264 e. The Labute approximate surface area is 240 Å². The average Bonchev–Trinajstić information content (AvgIpc) is 3.63. The van der Waals surface area contributed by atoms with Crippen LogP contribution in [0.4, 0.5) is 0 Å². The highest BCUT2D eigenvalue weighted by Crippen LogP contribution is 2.34. The van der Waals surface area contributed by atoms with Crippen molar-refractivity contribution in [2.24, 2.45) is 0 Å². The molecule has 3 aromatic rings. The van der Waals surface area contributed by atoms with Crippen LogP contribution in [0.5, 0.6) is 0 Å². The number of hydrogen-bond acceptors (Lipinski definition) is 7. The molecule has 1 aliphatic carbocycles. The maximum atomic E-state index is 13.4. The number of nitrogens with zero attached hydrogens (tertiary/aromatic N) is 5. The molecule has 0 bridgehead atoms. The van der Waals surface area contributed by atoms with E-state index in [1.54, 1.807) is 24.3 Å². The topological polar surface area (TPSA) is 121 Å². The van der Waals surface area contributed by atoms with E-state index in [9.17, 15) is 18.3 Å². The van der Waals surface area contributed by atoms with Crippen molar-refractivity contribution in [1.82, 2.24) is 29.5 Å². The summed E-state index contributed by atoms with van der Waals surface area (Å²) in [6.45, 7) is 3.96. The third-order valence-corrected chi connectivity index (χ3v) is 10.3. The van der Waals surface area contributed by atoms with E-state index in [0.717, 1.165) is 55.1 Å². The number of fused-ring (bicyclic) bond motifs is 1. The minimum Gasteiger partial charge on any atom is -0.395 e. The van der Waals surface area contributed by atoms with Gasteiger partial charge in [-0.25, -0.2) is 13.1 Å². The molecular formula is C30H36N6O4S. The predicted octanol–water partition coefficient (Wildman–Crippen LogP) is 2.67. The summed E-state index contributed by atoms with van der Waals surface area (Å²) in [5.74, 6) is -0.408. The largest absolute Gasteiger partial charge is 0.395 e. The molecule has 2 aromatic carbocycles. The van der Waals surface area contributed by atoms with Gasteiger partial charge in [0.1, 0.15) is 6.04 Å². The van der Waals surface area contributed by atoms with E-state index in [-0.39, 0.29) is 30.0 Å². The number of carbonyl (C=O) groups excluding carboxylic acids is 1. The number of likely N-dealkylation sites (tertiary alicyclic amines) is 1. The van der Waals surface area contributed by atoms with Crippen LogP contribution in [0.15, 0.2) is 66.0 Å². The Kier molecular flexibility index (Phi) is 7.67. The lowest BCUT2D eigenvalue weighted by Gasteiger charge is -2.31. The number of hydrogen-bond donors (Lipinski definition) is 2. The first kappa shape index (κ1) is 27.6. The first-order chi connectivity index (χ1) is 19.8. The van der Waals surface area contributed by atoms with Gasteiger partial charge >= 0.3 is 0 Å². The molecule has 3 heterocycles. The van der Waals surface area contributed by atoms with Crippen molar-refractivity contribution in [3.8, 4) is 0 Å². The van der Waals surface area contributed by atoms with Crippen LogP contribution >= 0.6 is 0 Å². The smallest absolute Gasteiger partial charge is 0.264 e. The molecule has 41 heavy (non-hydrogen) atoms. The van der Waals surface area contributed by atoms with Crippen LogP contribution in [0.1, 0.15) is 59.7 Å². The fraction of sp³-hybridized carbons (Fsp3) is 0.433. The van der Waals surface area contributed by atoms with E-state index in [1.165, 1.54) is 29.1 Å². The summed E-state index contributed by atoms with van der Waals surface area (Å²) in [7, 11) is -3.94. The van der Waals surface area contributed by atoms with Crippen LogP contribution in [0.2, 0.25) is 0 Å². The summed E-state index contributed by atoms with van der Waals surface area (Å²) in [4.78, 5) is 15.4. The van der Waals surface area contributed by atoms with Gasteiger partial charge in [0.2, 0.25) is 5.91 Å². The highest BCUT2D eigenvalue weighted by molar-refractivity contribution is 7.89. The number of aromatic nitrogens is 3. The van der Waals surface area contributed by atoms with Gasteiger partial charge in [-0.1, -0.05) is 41.1 Å². The number of carbonyl (C=O) groups is 1. The van der Waals surface area contributed by atoms with Gasteiger partial charge in [-0.3, -0.25) is 14.0 Å². The molecule has 3 aliphatic rings. The van der Waals surface area contributed by atoms with Gasteiger partial charge in [0, 0.05) is 37.6 Å². The fourth-order valence-electron chi connectivity index (χ4n) is 6.29. The lowest BCUT2D eigenvalue weighted by atomic mass is 9.86. The number of benzene rings is 2. The van der Waals surface area contributed by atoms with Gasteiger partial charge < -0.3 is 10.4 Å². The van der Waals surface area contributed by atoms with Gasteiger partial charge in [0.15, 0.2) is 0 Å². The number of aryl methyl sites for hydroxylation is 2. The van der Waals surface area contributed by atoms with Crippen LogP contribution in [0, 0.1) is 6.92 Å². The molecule has 0 spiro atoms. The van der Waals surface area contributed by atoms with Crippen LogP contribution in [0.25, 0.3) is 0 Å². The molecule has 1 amide bonds. The first-order valence-corrected chi connectivity index (χ1v) is 15.7. The van der Waals surface area contributed by atoms with Gasteiger partial charge in [0.25, 0.3) is 10.0 Å². The molecule has 1 saturated heterocycles. The predicted molar refractivity (Wildman–Crippen MR) is 153 cm³/mol. The molecule has 0 saturated carbocycles. The standard InChI is InChI=1S/C30H36N6O4S/c1-21-7-10-26(11-8-21)41(39,40)36-15-13-31-30(38)29(36)17-24-19-35(33-32-24)28-6-2-4-23-16-22(9-12-27(23)28)18-34-14-3-5-25(34)20-37/h7-13,15-16,19,25,28-29,37H,2-6,14,17-18,20H2,1H3,(H,31,38)/t25?,28-,29?/m1/s1. The monoisotopic (exact) mass is 576 g/mol. The molecule has 216 valence electrons. The summed E-state index contributed by atoms with van der Waals surface area (Å²) in [5.41, 5.74) is 5.29. The van der Waals surface area contributed by atoms with Gasteiger partial charge in [-0.2, -0.15) is 0 Å². The lowest BCUT2D eigenvalue weighted by Crippen LogP contribution is -2.50. The number of aliphatic hydroxyl groups excluding tert-OH is 1. The third-order valence-electron chi connectivity index (χ3n) is 8.52. The van der Waals surface area contributed by atoms with Crippen LogP contribution in [-0.4, -0.2) is 68.9 Å². The molecule has 3 atom stereocenters. The van der Waals surface area contributed by atoms with E-state index in [2.05, 4.69) is 38.7 Å². The zero-order chi connectivity index (χ0) is 28.6. The minimum atomic E-state index is -3.94. The van der Waals surface area contributed by atoms with Gasteiger partial charge in [-0.15, -0.1) is 5.10 Å². The van der Waals surface area contributed by atoms with Crippen molar-refractivity contribution >= 4 is 15.9 Å². The van der Waals surface area contributed by atoms with Crippen molar-refractivity contribution in [2.45, 2.75) is 75.0 Å². The summed E-state index contributed by atoms with van der Waals surface area (Å²) in [5, 5.41) is 21.1. The molecule has 2 aliphatic heterocycles. The zero-order valence-electron chi connectivity index (χ0n) is 23.2.